The smallest absolute Gasteiger partial charge is 0.285 e. The summed E-state index contributed by atoms with van der Waals surface area (Å²) in [6.45, 7) is 0. The van der Waals surface area contributed by atoms with E-state index in [0.717, 1.165) is 21.2 Å². The van der Waals surface area contributed by atoms with Crippen molar-refractivity contribution in [3.05, 3.63) is 45.3 Å². The summed E-state index contributed by atoms with van der Waals surface area (Å²) < 4.78 is 16.7. The molecule has 2 aromatic rings. The number of ether oxygens (including phenoxy) is 3. The van der Waals surface area contributed by atoms with E-state index in [0.29, 0.717) is 28.5 Å². The third kappa shape index (κ3) is 5.60. The fraction of sp³-hybridized carbons (Fsp3) is 0.143. The number of aromatic hydroxyl groups is 1. The lowest BCUT2D eigenvalue weighted by Crippen LogP contribution is -2.48. The molecule has 0 saturated carbocycles. The molecule has 0 aliphatic carbocycles. The monoisotopic (exact) mass is 583 g/mol. The number of hydrazine groups is 1. The lowest BCUT2D eigenvalue weighted by Gasteiger charge is -2.18. The van der Waals surface area contributed by atoms with Gasteiger partial charge in [-0.1, -0.05) is 39.9 Å². The van der Waals surface area contributed by atoms with Crippen LogP contribution in [0.25, 0.3) is 6.08 Å². The molecule has 13 heteroatoms. The highest BCUT2D eigenvalue weighted by molar-refractivity contribution is 9.10. The number of thiocarbonyl (C=S) groups is 2. The maximum Gasteiger partial charge on any atom is 0.285 e. The first-order chi connectivity index (χ1) is 16.2. The highest BCUT2D eigenvalue weighted by atomic mass is 79.9. The number of anilines is 1. The standard InChI is InChI=1S/C21H18BrN3O6S3/c1-29-14-8-12(9-15(30-2)17(14)31-3)23-18(27)19(32)24-25-20(28)16(34-21(25)33)7-10-6-11(22)4-5-13(10)26/h4-9,26H,1-3H3,(H,23,27)(H,24,32)/b16-7+. The largest absolute Gasteiger partial charge is 0.507 e. The molecule has 1 heterocycles. The van der Waals surface area contributed by atoms with Gasteiger partial charge in [-0.2, -0.15) is 5.01 Å². The van der Waals surface area contributed by atoms with Crippen LogP contribution >= 0.6 is 52.1 Å². The number of rotatable bonds is 6. The Morgan fingerprint density at radius 2 is 1.79 bits per heavy atom. The van der Waals surface area contributed by atoms with E-state index in [1.165, 1.54) is 45.6 Å². The van der Waals surface area contributed by atoms with Crippen LogP contribution in [0.3, 0.4) is 0 Å². The molecule has 3 rings (SSSR count). The Morgan fingerprint density at radius 1 is 1.15 bits per heavy atom. The molecule has 9 nitrogen and oxygen atoms in total. The van der Waals surface area contributed by atoms with Crippen LogP contribution in [0.1, 0.15) is 5.56 Å². The van der Waals surface area contributed by atoms with Crippen LogP contribution < -0.4 is 25.0 Å². The van der Waals surface area contributed by atoms with Crippen molar-refractivity contribution in [3.63, 3.8) is 0 Å². The molecule has 2 aromatic carbocycles. The molecule has 1 fully saturated rings. The maximum atomic E-state index is 12.8. The number of hydrogen-bond acceptors (Lipinski definition) is 9. The van der Waals surface area contributed by atoms with Crippen molar-refractivity contribution >= 4 is 85.0 Å². The molecule has 34 heavy (non-hydrogen) atoms. The fourth-order valence-electron chi connectivity index (χ4n) is 2.84. The van der Waals surface area contributed by atoms with Crippen LogP contribution in [0, 0.1) is 0 Å². The number of hydrogen-bond donors (Lipinski definition) is 3. The van der Waals surface area contributed by atoms with Crippen molar-refractivity contribution in [1.82, 2.24) is 10.4 Å². The Labute approximate surface area is 218 Å². The number of carbonyl (C=O) groups excluding carboxylic acids is 2. The van der Waals surface area contributed by atoms with Gasteiger partial charge in [-0.3, -0.25) is 15.0 Å². The Balaban J connectivity index is 1.74. The number of nitrogens with zero attached hydrogens (tertiary/aromatic N) is 1. The number of methoxy groups -OCH3 is 3. The normalized spacial score (nSPS) is 14.2. The summed E-state index contributed by atoms with van der Waals surface area (Å²) >= 11 is 14.7. The summed E-state index contributed by atoms with van der Waals surface area (Å²) in [5.41, 5.74) is 3.32. The topological polar surface area (TPSA) is 109 Å². The van der Waals surface area contributed by atoms with Crippen molar-refractivity contribution in [1.29, 1.82) is 0 Å². The number of carbonyl (C=O) groups is 2. The van der Waals surface area contributed by atoms with Crippen LogP contribution in [0.4, 0.5) is 5.69 Å². The van der Waals surface area contributed by atoms with Crippen LogP contribution in [-0.2, 0) is 9.59 Å². The third-order valence-electron chi connectivity index (χ3n) is 4.41. The van der Waals surface area contributed by atoms with Crippen LogP contribution in [0.15, 0.2) is 39.7 Å². The van der Waals surface area contributed by atoms with E-state index >= 15 is 0 Å². The van der Waals surface area contributed by atoms with E-state index < -0.39 is 11.8 Å². The van der Waals surface area contributed by atoms with Crippen molar-refractivity contribution < 1.29 is 28.9 Å². The van der Waals surface area contributed by atoms with E-state index in [1.54, 1.807) is 12.1 Å². The van der Waals surface area contributed by atoms with Gasteiger partial charge < -0.3 is 24.6 Å². The van der Waals surface area contributed by atoms with Gasteiger partial charge in [0.1, 0.15) is 5.75 Å². The first-order valence-electron chi connectivity index (χ1n) is 9.37. The minimum atomic E-state index is -0.688. The van der Waals surface area contributed by atoms with Gasteiger partial charge in [0, 0.05) is 27.9 Å². The second-order valence-corrected chi connectivity index (χ2v) is 9.53. The molecule has 1 saturated heterocycles. The molecule has 0 unspecified atom stereocenters. The van der Waals surface area contributed by atoms with Crippen LogP contribution in [-0.4, -0.2) is 52.6 Å². The molecule has 0 atom stereocenters. The van der Waals surface area contributed by atoms with E-state index in [9.17, 15) is 14.7 Å². The van der Waals surface area contributed by atoms with E-state index in [2.05, 4.69) is 26.7 Å². The zero-order valence-corrected chi connectivity index (χ0v) is 22.0. The molecule has 0 aromatic heterocycles. The number of phenolic OH excluding ortho intramolecular Hbond substituents is 1. The number of phenols is 1. The molecule has 178 valence electrons. The minimum absolute atomic E-state index is 0.00155. The SMILES string of the molecule is COc1cc(NC(=O)C(=S)NN2C(=O)/C(=C\c3cc(Br)ccc3O)SC2=S)cc(OC)c1OC. The Bertz CT molecular complexity index is 1200. The van der Waals surface area contributed by atoms with Gasteiger partial charge in [-0.15, -0.1) is 0 Å². The van der Waals surface area contributed by atoms with Crippen molar-refractivity contribution in [3.8, 4) is 23.0 Å². The van der Waals surface area contributed by atoms with E-state index in [1.807, 2.05) is 0 Å². The number of halogens is 1. The second-order valence-electron chi connectivity index (χ2n) is 6.53. The van der Waals surface area contributed by atoms with Crippen molar-refractivity contribution in [2.75, 3.05) is 26.6 Å². The first kappa shape index (κ1) is 25.7. The predicted molar refractivity (Wildman–Crippen MR) is 141 cm³/mol. The van der Waals surface area contributed by atoms with Gasteiger partial charge in [-0.05, 0) is 36.5 Å². The molecule has 1 aliphatic rings. The molecule has 0 bridgehead atoms. The number of thioether (sulfide) groups is 1. The quantitative estimate of drug-likeness (QED) is 0.342. The molecule has 3 N–H and O–H groups in total. The average molecular weight is 584 g/mol. The van der Waals surface area contributed by atoms with Gasteiger partial charge >= 0.3 is 0 Å². The molecule has 1 aliphatic heterocycles. The predicted octanol–water partition coefficient (Wildman–Crippen LogP) is 3.85. The Kier molecular flexibility index (Phi) is 8.36. The summed E-state index contributed by atoms with van der Waals surface area (Å²) in [5, 5.41) is 13.6. The lowest BCUT2D eigenvalue weighted by atomic mass is 10.2. The van der Waals surface area contributed by atoms with Crippen LogP contribution in [0.5, 0.6) is 23.0 Å². The van der Waals surface area contributed by atoms with Crippen molar-refractivity contribution in [2.24, 2.45) is 0 Å². The van der Waals surface area contributed by atoms with Gasteiger partial charge in [0.25, 0.3) is 11.8 Å². The summed E-state index contributed by atoms with van der Waals surface area (Å²) in [6, 6.07) is 7.90. The summed E-state index contributed by atoms with van der Waals surface area (Å²) in [4.78, 5) is 25.4. The first-order valence-corrected chi connectivity index (χ1v) is 11.8. The minimum Gasteiger partial charge on any atom is -0.507 e. The molecule has 2 amide bonds. The average Bonchev–Trinajstić information content (AvgIpc) is 3.07. The zero-order chi connectivity index (χ0) is 25.0. The Morgan fingerprint density at radius 3 is 2.38 bits per heavy atom. The van der Waals surface area contributed by atoms with Crippen LogP contribution in [0.2, 0.25) is 0 Å². The summed E-state index contributed by atoms with van der Waals surface area (Å²) in [6.07, 6.45) is 1.50. The van der Waals surface area contributed by atoms with Gasteiger partial charge in [0.15, 0.2) is 20.8 Å². The zero-order valence-electron chi connectivity index (χ0n) is 18.0. The molecule has 0 spiro atoms. The van der Waals surface area contributed by atoms with Gasteiger partial charge in [0.2, 0.25) is 5.75 Å². The van der Waals surface area contributed by atoms with E-state index in [-0.39, 0.29) is 20.0 Å². The second kappa shape index (κ2) is 11.0. The third-order valence-corrected chi connectivity index (χ3v) is 6.48. The highest BCUT2D eigenvalue weighted by Crippen LogP contribution is 2.40. The lowest BCUT2D eigenvalue weighted by molar-refractivity contribution is -0.123. The fourth-order valence-corrected chi connectivity index (χ4v) is 4.53. The number of benzene rings is 2. The number of amides is 2. The van der Waals surface area contributed by atoms with E-state index in [4.69, 9.17) is 38.6 Å². The van der Waals surface area contributed by atoms with Gasteiger partial charge in [-0.25, -0.2) is 0 Å². The van der Waals surface area contributed by atoms with Gasteiger partial charge in [0.05, 0.1) is 26.2 Å². The molecular formula is C21H18BrN3O6S3. The number of nitrogens with one attached hydrogen (secondary N) is 2. The Hall–Kier alpha value is -2.87. The maximum absolute atomic E-state index is 12.8. The summed E-state index contributed by atoms with van der Waals surface area (Å²) in [5.74, 6) is -0.154. The van der Waals surface area contributed by atoms with Crippen molar-refractivity contribution in [2.45, 2.75) is 0 Å². The highest BCUT2D eigenvalue weighted by Gasteiger charge is 2.34. The molecule has 0 radical (unpaired) electrons. The molecular weight excluding hydrogens is 566 g/mol. The summed E-state index contributed by atoms with van der Waals surface area (Å²) in [7, 11) is 4.36.